The number of nitrogens with zero attached hydrogens (tertiary/aromatic N) is 4. The second-order valence-electron chi connectivity index (χ2n) is 4.18. The van der Waals surface area contributed by atoms with Crippen LogP contribution in [0.5, 0.6) is 0 Å². The van der Waals surface area contributed by atoms with Crippen LogP contribution in [0, 0.1) is 0 Å². The molecule has 5 heteroatoms. The summed E-state index contributed by atoms with van der Waals surface area (Å²) in [4.78, 5) is 12.5. The summed E-state index contributed by atoms with van der Waals surface area (Å²) in [6.07, 6.45) is 2.15. The zero-order valence-electron chi connectivity index (χ0n) is 10.9. The van der Waals surface area contributed by atoms with Gasteiger partial charge in [0, 0.05) is 0 Å². The van der Waals surface area contributed by atoms with Crippen molar-refractivity contribution in [3.8, 4) is 0 Å². The molecule has 0 radical (unpaired) electrons. The molecule has 0 bridgehead atoms. The van der Waals surface area contributed by atoms with Crippen LogP contribution < -0.4 is 0 Å². The van der Waals surface area contributed by atoms with E-state index in [1.165, 1.54) is 0 Å². The molecule has 0 amide bonds. The highest BCUT2D eigenvalue weighted by molar-refractivity contribution is 5.85. The van der Waals surface area contributed by atoms with Crippen molar-refractivity contribution in [3.05, 3.63) is 0 Å². The van der Waals surface area contributed by atoms with Gasteiger partial charge in [-0.3, -0.25) is 0 Å². The molecule has 0 atom stereocenters. The number of aliphatic imine (C=N–C) groups is 2. The van der Waals surface area contributed by atoms with Gasteiger partial charge in [-0.05, 0) is 54.1 Å². The van der Waals surface area contributed by atoms with Crippen molar-refractivity contribution in [3.63, 3.8) is 0 Å². The van der Waals surface area contributed by atoms with Crippen LogP contribution in [-0.2, 0) is 0 Å². The largest absolute Gasteiger partial charge is 0.309 e. The zero-order valence-corrected chi connectivity index (χ0v) is 11.8. The first-order chi connectivity index (χ1) is 7.13. The minimum atomic E-state index is 0. The predicted molar refractivity (Wildman–Crippen MR) is 73.2 cm³/mol. The predicted octanol–water partition coefficient (Wildman–Crippen LogP) is 1.49. The Morgan fingerprint density at radius 2 is 1.19 bits per heavy atom. The van der Waals surface area contributed by atoms with Gasteiger partial charge < -0.3 is 9.80 Å². The van der Waals surface area contributed by atoms with E-state index < -0.39 is 0 Å². The smallest absolute Gasteiger partial charge is 0.0892 e. The first-order valence-corrected chi connectivity index (χ1v) is 5.50. The molecule has 0 fully saturated rings. The highest BCUT2D eigenvalue weighted by Gasteiger charge is 1.88. The first-order valence-electron chi connectivity index (χ1n) is 5.50. The van der Waals surface area contributed by atoms with Crippen molar-refractivity contribution in [2.45, 2.75) is 12.8 Å². The third-order valence-corrected chi connectivity index (χ3v) is 1.89. The van der Waals surface area contributed by atoms with E-state index in [9.17, 15) is 0 Å². The summed E-state index contributed by atoms with van der Waals surface area (Å²) in [5, 5.41) is 0. The van der Waals surface area contributed by atoms with Crippen LogP contribution in [0.25, 0.3) is 0 Å². The van der Waals surface area contributed by atoms with Gasteiger partial charge in [-0.25, -0.2) is 9.98 Å². The Morgan fingerprint density at radius 1 is 0.812 bits per heavy atom. The van der Waals surface area contributed by atoms with Gasteiger partial charge in [-0.2, -0.15) is 0 Å². The molecular weight excluding hydrogens is 224 g/mol. The minimum Gasteiger partial charge on any atom is -0.309 e. The van der Waals surface area contributed by atoms with Crippen LogP contribution >= 0.6 is 12.4 Å². The lowest BCUT2D eigenvalue weighted by molar-refractivity contribution is 0.403. The summed E-state index contributed by atoms with van der Waals surface area (Å²) < 4.78 is 0. The molecular formula is C11H25ClN4. The molecule has 0 aromatic carbocycles. The summed E-state index contributed by atoms with van der Waals surface area (Å²) in [5.41, 5.74) is 0. The SMILES string of the molecule is CN(C)CCCN=C=NCCCN(C)C.Cl. The van der Waals surface area contributed by atoms with Crippen molar-refractivity contribution in [2.24, 2.45) is 9.98 Å². The van der Waals surface area contributed by atoms with Crippen molar-refractivity contribution in [1.82, 2.24) is 9.80 Å². The fraction of sp³-hybridized carbons (Fsp3) is 0.909. The lowest BCUT2D eigenvalue weighted by Crippen LogP contribution is -2.13. The molecule has 0 aromatic rings. The summed E-state index contributed by atoms with van der Waals surface area (Å²) in [6, 6.07) is 2.75. The van der Waals surface area contributed by atoms with Gasteiger partial charge >= 0.3 is 0 Å². The molecule has 0 aromatic heterocycles. The second kappa shape index (κ2) is 12.7. The quantitative estimate of drug-likeness (QED) is 0.481. The van der Waals surface area contributed by atoms with Gasteiger partial charge in [0.15, 0.2) is 0 Å². The number of hydrogen-bond acceptors (Lipinski definition) is 4. The third-order valence-electron chi connectivity index (χ3n) is 1.89. The van der Waals surface area contributed by atoms with E-state index in [0.717, 1.165) is 39.0 Å². The van der Waals surface area contributed by atoms with Crippen LogP contribution in [0.3, 0.4) is 0 Å². The normalized spacial score (nSPS) is 9.88. The maximum atomic E-state index is 4.10. The van der Waals surface area contributed by atoms with E-state index >= 15 is 0 Å². The van der Waals surface area contributed by atoms with Crippen molar-refractivity contribution < 1.29 is 0 Å². The Bertz CT molecular complexity index is 180. The molecule has 0 aliphatic heterocycles. The van der Waals surface area contributed by atoms with Crippen LogP contribution in [0.4, 0.5) is 0 Å². The Labute approximate surface area is 106 Å². The molecule has 0 saturated heterocycles. The number of rotatable bonds is 8. The molecule has 0 N–H and O–H groups in total. The highest BCUT2D eigenvalue weighted by Crippen LogP contribution is 1.84. The fourth-order valence-electron chi connectivity index (χ4n) is 1.08. The Morgan fingerprint density at radius 3 is 1.50 bits per heavy atom. The van der Waals surface area contributed by atoms with Crippen molar-refractivity contribution in [2.75, 3.05) is 54.4 Å². The summed E-state index contributed by atoms with van der Waals surface area (Å²) in [6.45, 7) is 3.81. The van der Waals surface area contributed by atoms with E-state index in [4.69, 9.17) is 0 Å². The second-order valence-corrected chi connectivity index (χ2v) is 4.18. The molecule has 0 unspecified atom stereocenters. The summed E-state index contributed by atoms with van der Waals surface area (Å²) >= 11 is 0. The molecule has 0 spiro atoms. The van der Waals surface area contributed by atoms with Gasteiger partial charge in [0.05, 0.1) is 19.1 Å². The maximum absolute atomic E-state index is 4.10. The Kier molecular flexibility index (Phi) is 14.2. The topological polar surface area (TPSA) is 31.2 Å². The highest BCUT2D eigenvalue weighted by atomic mass is 35.5. The van der Waals surface area contributed by atoms with Crippen LogP contribution in [0.15, 0.2) is 9.98 Å². The van der Waals surface area contributed by atoms with E-state index in [2.05, 4.69) is 54.0 Å². The van der Waals surface area contributed by atoms with Crippen LogP contribution in [0.2, 0.25) is 0 Å². The van der Waals surface area contributed by atoms with E-state index in [1.807, 2.05) is 0 Å². The number of hydrogen-bond donors (Lipinski definition) is 0. The molecule has 0 aliphatic rings. The van der Waals surface area contributed by atoms with Gasteiger partial charge in [-0.1, -0.05) is 0 Å². The van der Waals surface area contributed by atoms with Gasteiger partial charge in [0.1, 0.15) is 0 Å². The monoisotopic (exact) mass is 248 g/mol. The standard InChI is InChI=1S/C11H24N4.ClH/c1-14(2)9-5-7-12-11-13-8-6-10-15(3)4;/h5-10H2,1-4H3;1H. The molecule has 16 heavy (non-hydrogen) atoms. The van der Waals surface area contributed by atoms with E-state index in [-0.39, 0.29) is 12.4 Å². The lowest BCUT2D eigenvalue weighted by Gasteiger charge is -2.06. The van der Waals surface area contributed by atoms with Gasteiger partial charge in [0.2, 0.25) is 0 Å². The van der Waals surface area contributed by atoms with E-state index in [1.54, 1.807) is 0 Å². The summed E-state index contributed by atoms with van der Waals surface area (Å²) in [5.74, 6) is 0. The lowest BCUT2D eigenvalue weighted by atomic mass is 10.4. The molecule has 0 rings (SSSR count). The molecule has 0 heterocycles. The average molecular weight is 249 g/mol. The molecule has 4 nitrogen and oxygen atoms in total. The molecule has 96 valence electrons. The van der Waals surface area contributed by atoms with Gasteiger partial charge in [0.25, 0.3) is 0 Å². The van der Waals surface area contributed by atoms with Crippen molar-refractivity contribution in [1.29, 1.82) is 0 Å². The zero-order chi connectivity index (χ0) is 11.5. The average Bonchev–Trinajstić information content (AvgIpc) is 2.14. The van der Waals surface area contributed by atoms with Gasteiger partial charge in [-0.15, -0.1) is 12.4 Å². The molecule has 0 saturated carbocycles. The summed E-state index contributed by atoms with van der Waals surface area (Å²) in [7, 11) is 8.27. The third kappa shape index (κ3) is 16.0. The first kappa shape index (κ1) is 18.0. The Hall–Kier alpha value is -0.410. The van der Waals surface area contributed by atoms with Crippen LogP contribution in [0.1, 0.15) is 12.8 Å². The van der Waals surface area contributed by atoms with Crippen molar-refractivity contribution >= 4 is 18.4 Å². The maximum Gasteiger partial charge on any atom is 0.0892 e. The minimum absolute atomic E-state index is 0. The van der Waals surface area contributed by atoms with Crippen LogP contribution in [-0.4, -0.2) is 70.2 Å². The fourth-order valence-corrected chi connectivity index (χ4v) is 1.08. The van der Waals surface area contributed by atoms with E-state index in [0.29, 0.717) is 0 Å². The molecule has 0 aliphatic carbocycles. The Balaban J connectivity index is 0. The number of halogens is 1.